The Kier molecular flexibility index (Phi) is 2.87. The van der Waals surface area contributed by atoms with Gasteiger partial charge >= 0.3 is 5.95 Å². The van der Waals surface area contributed by atoms with Gasteiger partial charge in [-0.25, -0.2) is 9.77 Å². The lowest BCUT2D eigenvalue weighted by molar-refractivity contribution is -0.665. The van der Waals surface area contributed by atoms with Gasteiger partial charge in [0, 0.05) is 12.0 Å². The van der Waals surface area contributed by atoms with Crippen LogP contribution in [0.25, 0.3) is 0 Å². The molecule has 1 heterocycles. The van der Waals surface area contributed by atoms with Crippen LogP contribution < -0.4 is 10.0 Å². The molecule has 1 aromatic heterocycles. The van der Waals surface area contributed by atoms with E-state index in [1.54, 1.807) is 4.57 Å². The number of rotatable bonds is 3. The Balaban J connectivity index is 2.29. The molecule has 0 bridgehead atoms. The lowest BCUT2D eigenvalue weighted by atomic mass is 10.2. The summed E-state index contributed by atoms with van der Waals surface area (Å²) in [5, 5.41) is 13.1. The molecule has 0 unspecified atom stereocenters. The minimum Gasteiger partial charge on any atom is -0.248 e. The van der Waals surface area contributed by atoms with E-state index in [4.69, 9.17) is 5.21 Å². The molecule has 0 spiro atoms. The molecule has 0 fully saturated rings. The lowest BCUT2D eigenvalue weighted by Crippen LogP contribution is -2.33. The first-order valence-electron chi connectivity index (χ1n) is 5.10. The van der Waals surface area contributed by atoms with Crippen LogP contribution in [0.3, 0.4) is 0 Å². The zero-order valence-corrected chi connectivity index (χ0v) is 9.38. The first-order valence-corrected chi connectivity index (χ1v) is 5.10. The van der Waals surface area contributed by atoms with Crippen molar-refractivity contribution in [3.8, 4) is 0 Å². The summed E-state index contributed by atoms with van der Waals surface area (Å²) in [4.78, 5) is 0. The Labute approximate surface area is 93.9 Å². The fourth-order valence-corrected chi connectivity index (χ4v) is 1.58. The van der Waals surface area contributed by atoms with Crippen LogP contribution in [0, 0.1) is 6.92 Å². The molecule has 0 atom stereocenters. The van der Waals surface area contributed by atoms with Gasteiger partial charge in [-0.05, 0) is 5.56 Å². The second-order valence-electron chi connectivity index (χ2n) is 3.68. The van der Waals surface area contributed by atoms with Crippen molar-refractivity contribution in [2.75, 3.05) is 5.48 Å². The normalized spacial score (nSPS) is 10.4. The van der Waals surface area contributed by atoms with Gasteiger partial charge in [-0.2, -0.15) is 5.48 Å². The monoisotopic (exact) mass is 219 g/mol. The van der Waals surface area contributed by atoms with Gasteiger partial charge in [0.15, 0.2) is 0 Å². The first kappa shape index (κ1) is 10.6. The molecular weight excluding hydrogens is 204 g/mol. The molecule has 2 rings (SSSR count). The third-order valence-corrected chi connectivity index (χ3v) is 2.67. The number of aromatic nitrogens is 3. The molecule has 84 valence electrons. The molecule has 0 amide bonds. The number of benzene rings is 1. The van der Waals surface area contributed by atoms with Crippen molar-refractivity contribution in [3.63, 3.8) is 0 Å². The second-order valence-corrected chi connectivity index (χ2v) is 3.68. The van der Waals surface area contributed by atoms with Gasteiger partial charge in [-0.3, -0.25) is 0 Å². The molecule has 2 N–H and O–H groups in total. The summed E-state index contributed by atoms with van der Waals surface area (Å²) < 4.78 is 3.64. The molecule has 0 saturated carbocycles. The Morgan fingerprint density at radius 1 is 1.38 bits per heavy atom. The lowest BCUT2D eigenvalue weighted by Gasteiger charge is -1.98. The maximum Gasteiger partial charge on any atom is 0.404 e. The minimum absolute atomic E-state index is 0.438. The Bertz CT molecular complexity index is 478. The molecule has 0 saturated heterocycles. The van der Waals surface area contributed by atoms with Crippen molar-refractivity contribution in [2.24, 2.45) is 7.05 Å². The predicted molar refractivity (Wildman–Crippen MR) is 59.1 cm³/mol. The van der Waals surface area contributed by atoms with Crippen molar-refractivity contribution in [1.29, 1.82) is 0 Å². The van der Waals surface area contributed by atoms with Crippen LogP contribution in [0.1, 0.15) is 11.4 Å². The highest BCUT2D eigenvalue weighted by atomic mass is 16.5. The molecule has 0 aliphatic heterocycles. The Morgan fingerprint density at radius 2 is 2.06 bits per heavy atom. The van der Waals surface area contributed by atoms with Gasteiger partial charge in [0.2, 0.25) is 5.82 Å². The number of hydrogen-bond acceptors (Lipinski definition) is 3. The van der Waals surface area contributed by atoms with Crippen LogP contribution in [0.5, 0.6) is 0 Å². The summed E-state index contributed by atoms with van der Waals surface area (Å²) in [6.45, 7) is 2.65. The van der Waals surface area contributed by atoms with Gasteiger partial charge in [0.25, 0.3) is 0 Å². The standard InChI is InChI=1S/C11H15N4O/c1-9-14(2)11(13-16)12-15(9)8-10-6-4-3-5-7-10/h3-7,16H,8H2,1-2H3,(H,12,13)/q+1. The highest BCUT2D eigenvalue weighted by Crippen LogP contribution is 2.04. The smallest absolute Gasteiger partial charge is 0.248 e. The summed E-state index contributed by atoms with van der Waals surface area (Å²) in [5.74, 6) is 1.41. The van der Waals surface area contributed by atoms with E-state index in [-0.39, 0.29) is 0 Å². The van der Waals surface area contributed by atoms with Gasteiger partial charge in [-0.1, -0.05) is 30.3 Å². The molecule has 0 aliphatic rings. The van der Waals surface area contributed by atoms with Gasteiger partial charge in [-0.15, -0.1) is 4.68 Å². The summed E-state index contributed by atoms with van der Waals surface area (Å²) >= 11 is 0. The minimum atomic E-state index is 0.438. The van der Waals surface area contributed by atoms with Crippen molar-refractivity contribution in [1.82, 2.24) is 9.78 Å². The zero-order valence-electron chi connectivity index (χ0n) is 9.38. The topological polar surface area (TPSA) is 54.0 Å². The Hall–Kier alpha value is -1.88. The summed E-state index contributed by atoms with van der Waals surface area (Å²) in [7, 11) is 1.85. The SMILES string of the molecule is Cc1n(Cc2ccccc2)nc(NO)[n+]1C. The van der Waals surface area contributed by atoms with E-state index in [1.165, 1.54) is 5.56 Å². The highest BCUT2D eigenvalue weighted by Gasteiger charge is 2.17. The largest absolute Gasteiger partial charge is 0.404 e. The van der Waals surface area contributed by atoms with Crippen LogP contribution in [0.4, 0.5) is 5.95 Å². The maximum atomic E-state index is 8.88. The number of anilines is 1. The Morgan fingerprint density at radius 3 is 2.62 bits per heavy atom. The second kappa shape index (κ2) is 4.32. The highest BCUT2D eigenvalue weighted by molar-refractivity contribution is 5.16. The molecule has 5 heteroatoms. The van der Waals surface area contributed by atoms with E-state index in [0.29, 0.717) is 12.5 Å². The van der Waals surface area contributed by atoms with Gasteiger partial charge in [0.1, 0.15) is 6.54 Å². The van der Waals surface area contributed by atoms with Crippen molar-refractivity contribution >= 4 is 5.95 Å². The van der Waals surface area contributed by atoms with Crippen molar-refractivity contribution in [2.45, 2.75) is 13.5 Å². The quantitative estimate of drug-likeness (QED) is 0.595. The summed E-state index contributed by atoms with van der Waals surface area (Å²) in [5.41, 5.74) is 3.25. The van der Waals surface area contributed by atoms with Gasteiger partial charge < -0.3 is 0 Å². The fraction of sp³-hybridized carbons (Fsp3) is 0.273. The molecule has 0 aliphatic carbocycles. The van der Waals surface area contributed by atoms with E-state index < -0.39 is 0 Å². The average Bonchev–Trinajstić information content (AvgIpc) is 2.58. The number of nitrogens with zero attached hydrogens (tertiary/aromatic N) is 3. The first-order chi connectivity index (χ1) is 7.72. The molecule has 16 heavy (non-hydrogen) atoms. The van der Waals surface area contributed by atoms with E-state index in [1.807, 2.05) is 49.0 Å². The zero-order chi connectivity index (χ0) is 11.5. The van der Waals surface area contributed by atoms with Crippen molar-refractivity contribution in [3.05, 3.63) is 41.7 Å². The van der Waals surface area contributed by atoms with Crippen LogP contribution in [0.2, 0.25) is 0 Å². The summed E-state index contributed by atoms with van der Waals surface area (Å²) in [6, 6.07) is 10.1. The third kappa shape index (κ3) is 1.90. The average molecular weight is 219 g/mol. The van der Waals surface area contributed by atoms with E-state index >= 15 is 0 Å². The molecule has 0 radical (unpaired) electrons. The van der Waals surface area contributed by atoms with Crippen LogP contribution in [-0.4, -0.2) is 15.0 Å². The molecule has 2 aromatic rings. The van der Waals surface area contributed by atoms with Gasteiger partial charge in [0.05, 0.1) is 7.05 Å². The van der Waals surface area contributed by atoms with E-state index in [0.717, 1.165) is 5.82 Å². The van der Waals surface area contributed by atoms with E-state index in [9.17, 15) is 0 Å². The number of hydrogen-bond donors (Lipinski definition) is 2. The summed E-state index contributed by atoms with van der Waals surface area (Å²) in [6.07, 6.45) is 0. The van der Waals surface area contributed by atoms with E-state index in [2.05, 4.69) is 10.6 Å². The van der Waals surface area contributed by atoms with Crippen LogP contribution in [-0.2, 0) is 13.6 Å². The third-order valence-electron chi connectivity index (χ3n) is 2.67. The number of nitrogens with one attached hydrogen (secondary N) is 1. The molecule has 1 aromatic carbocycles. The predicted octanol–water partition coefficient (Wildman–Crippen LogP) is 0.865. The van der Waals surface area contributed by atoms with Crippen LogP contribution in [0.15, 0.2) is 30.3 Å². The maximum absolute atomic E-state index is 8.88. The van der Waals surface area contributed by atoms with Crippen LogP contribution >= 0.6 is 0 Å². The molecule has 5 nitrogen and oxygen atoms in total. The fourth-order valence-electron chi connectivity index (χ4n) is 1.58. The molecular formula is C11H15N4O+. The van der Waals surface area contributed by atoms with Crippen molar-refractivity contribution < 1.29 is 9.77 Å².